The van der Waals surface area contributed by atoms with E-state index in [1.54, 1.807) is 0 Å². The highest BCUT2D eigenvalue weighted by atomic mass is 32.2. The highest BCUT2D eigenvalue weighted by molar-refractivity contribution is 8.14. The molecular weight excluding hydrogens is 204 g/mol. The van der Waals surface area contributed by atoms with E-state index < -0.39 is 0 Å². The lowest BCUT2D eigenvalue weighted by molar-refractivity contribution is 0.300. The van der Waals surface area contributed by atoms with Crippen LogP contribution in [0.4, 0.5) is 0 Å². The maximum absolute atomic E-state index is 4.65. The monoisotopic (exact) mass is 226 g/mol. The van der Waals surface area contributed by atoms with Crippen LogP contribution in [0.15, 0.2) is 4.99 Å². The molecule has 0 radical (unpaired) electrons. The fourth-order valence-electron chi connectivity index (χ4n) is 1.99. The fraction of sp³-hybridized carbons (Fsp3) is 0.917. The Morgan fingerprint density at radius 2 is 2.27 bits per heavy atom. The molecule has 0 unspecified atom stereocenters. The summed E-state index contributed by atoms with van der Waals surface area (Å²) in [6, 6.07) is 0.637. The van der Waals surface area contributed by atoms with Gasteiger partial charge in [-0.1, -0.05) is 44.9 Å². The number of hydrogen-bond acceptors (Lipinski definition) is 2. The first-order valence-corrected chi connectivity index (χ1v) is 7.18. The van der Waals surface area contributed by atoms with E-state index in [0.29, 0.717) is 6.04 Å². The normalized spacial score (nSPS) is 29.5. The van der Waals surface area contributed by atoms with Gasteiger partial charge in [0.25, 0.3) is 0 Å². The molecule has 1 atom stereocenters. The molecule has 0 bridgehead atoms. The van der Waals surface area contributed by atoms with Gasteiger partial charge in [0.1, 0.15) is 0 Å². The zero-order valence-electron chi connectivity index (χ0n) is 9.83. The molecule has 0 spiro atoms. The molecule has 15 heavy (non-hydrogen) atoms. The second kappa shape index (κ2) is 5.24. The van der Waals surface area contributed by atoms with Gasteiger partial charge in [-0.15, -0.1) is 0 Å². The van der Waals surface area contributed by atoms with Crippen molar-refractivity contribution >= 4 is 16.9 Å². The summed E-state index contributed by atoms with van der Waals surface area (Å²) in [5, 5.41) is 4.70. The molecule has 2 rings (SSSR count). The van der Waals surface area contributed by atoms with E-state index in [0.717, 1.165) is 18.4 Å². The molecule has 0 aromatic carbocycles. The smallest absolute Gasteiger partial charge is 0.156 e. The van der Waals surface area contributed by atoms with Gasteiger partial charge in [-0.3, -0.25) is 4.99 Å². The largest absolute Gasteiger partial charge is 0.361 e. The summed E-state index contributed by atoms with van der Waals surface area (Å²) < 4.78 is 0. The predicted molar refractivity (Wildman–Crippen MR) is 68.5 cm³/mol. The summed E-state index contributed by atoms with van der Waals surface area (Å²) in [5.74, 6) is 2.90. The maximum Gasteiger partial charge on any atom is 0.156 e. The quantitative estimate of drug-likeness (QED) is 0.797. The average Bonchev–Trinajstić information content (AvgIpc) is 2.57. The van der Waals surface area contributed by atoms with Crippen LogP contribution in [-0.2, 0) is 0 Å². The van der Waals surface area contributed by atoms with E-state index in [4.69, 9.17) is 0 Å². The number of hydrogen-bond donors (Lipinski definition) is 1. The minimum absolute atomic E-state index is 0.637. The number of thioether (sulfide) groups is 1. The van der Waals surface area contributed by atoms with E-state index in [1.165, 1.54) is 36.6 Å². The Morgan fingerprint density at radius 1 is 1.47 bits per heavy atom. The molecule has 86 valence electrons. The first kappa shape index (κ1) is 11.3. The van der Waals surface area contributed by atoms with Gasteiger partial charge in [0, 0.05) is 18.3 Å². The second-order valence-corrected chi connectivity index (χ2v) is 6.09. The van der Waals surface area contributed by atoms with Crippen LogP contribution in [-0.4, -0.2) is 23.5 Å². The van der Waals surface area contributed by atoms with Crippen molar-refractivity contribution in [1.29, 1.82) is 0 Å². The molecule has 2 aliphatic rings. The number of aliphatic imine (C=N–C) groups is 1. The van der Waals surface area contributed by atoms with Crippen molar-refractivity contribution in [2.24, 2.45) is 16.8 Å². The average molecular weight is 226 g/mol. The van der Waals surface area contributed by atoms with Gasteiger partial charge in [0.2, 0.25) is 0 Å². The molecule has 0 aromatic rings. The lowest BCUT2D eigenvalue weighted by atomic mass is 9.83. The summed E-state index contributed by atoms with van der Waals surface area (Å²) in [6.07, 6.45) is 5.64. The molecule has 1 aliphatic carbocycles. The van der Waals surface area contributed by atoms with Crippen molar-refractivity contribution in [1.82, 2.24) is 5.32 Å². The third-order valence-electron chi connectivity index (χ3n) is 3.53. The summed E-state index contributed by atoms with van der Waals surface area (Å²) in [4.78, 5) is 4.65. The second-order valence-electron chi connectivity index (χ2n) is 5.08. The molecule has 3 heteroatoms. The van der Waals surface area contributed by atoms with Crippen LogP contribution in [0, 0.1) is 11.8 Å². The Balaban J connectivity index is 1.67. The summed E-state index contributed by atoms with van der Waals surface area (Å²) in [6.45, 7) is 5.58. The van der Waals surface area contributed by atoms with Crippen LogP contribution in [0.2, 0.25) is 0 Å². The van der Waals surface area contributed by atoms with Gasteiger partial charge in [0.15, 0.2) is 5.17 Å². The van der Waals surface area contributed by atoms with Crippen molar-refractivity contribution in [3.63, 3.8) is 0 Å². The SMILES string of the molecule is CC(C)[C@H]1CSC(=NCCC2CCC2)N1. The lowest BCUT2D eigenvalue weighted by Gasteiger charge is -2.24. The van der Waals surface area contributed by atoms with Crippen molar-refractivity contribution in [2.45, 2.75) is 45.6 Å². The third kappa shape index (κ3) is 3.13. The zero-order valence-corrected chi connectivity index (χ0v) is 10.6. The van der Waals surface area contributed by atoms with Gasteiger partial charge in [-0.05, 0) is 18.3 Å². The van der Waals surface area contributed by atoms with Gasteiger partial charge >= 0.3 is 0 Å². The minimum Gasteiger partial charge on any atom is -0.361 e. The van der Waals surface area contributed by atoms with Crippen LogP contribution in [0.3, 0.4) is 0 Å². The van der Waals surface area contributed by atoms with Gasteiger partial charge in [-0.2, -0.15) is 0 Å². The standard InChI is InChI=1S/C12H22N2S/c1-9(2)11-8-15-12(14-11)13-7-6-10-4-3-5-10/h9-11H,3-8H2,1-2H3,(H,13,14)/t11-/m1/s1. The van der Waals surface area contributed by atoms with Gasteiger partial charge in [-0.25, -0.2) is 0 Å². The van der Waals surface area contributed by atoms with E-state index in [2.05, 4.69) is 24.2 Å². The van der Waals surface area contributed by atoms with Crippen LogP contribution in [0.5, 0.6) is 0 Å². The number of nitrogens with zero attached hydrogens (tertiary/aromatic N) is 1. The summed E-state index contributed by atoms with van der Waals surface area (Å²) in [5.41, 5.74) is 0. The summed E-state index contributed by atoms with van der Waals surface area (Å²) in [7, 11) is 0. The Hall–Kier alpha value is -0.180. The van der Waals surface area contributed by atoms with Gasteiger partial charge in [0.05, 0.1) is 0 Å². The third-order valence-corrected chi connectivity index (χ3v) is 4.58. The fourth-order valence-corrected chi connectivity index (χ4v) is 3.21. The molecule has 0 aromatic heterocycles. The maximum atomic E-state index is 4.65. The molecule has 2 nitrogen and oxygen atoms in total. The van der Waals surface area contributed by atoms with Crippen molar-refractivity contribution in [3.05, 3.63) is 0 Å². The topological polar surface area (TPSA) is 24.4 Å². The first-order chi connectivity index (χ1) is 7.25. The number of nitrogens with one attached hydrogen (secondary N) is 1. The molecule has 1 saturated carbocycles. The highest BCUT2D eigenvalue weighted by Gasteiger charge is 2.23. The Bertz CT molecular complexity index is 234. The van der Waals surface area contributed by atoms with E-state index in [1.807, 2.05) is 11.8 Å². The molecule has 1 saturated heterocycles. The van der Waals surface area contributed by atoms with E-state index in [-0.39, 0.29) is 0 Å². The van der Waals surface area contributed by atoms with Crippen LogP contribution in [0.1, 0.15) is 39.5 Å². The highest BCUT2D eigenvalue weighted by Crippen LogP contribution is 2.29. The first-order valence-electron chi connectivity index (χ1n) is 6.19. The zero-order chi connectivity index (χ0) is 10.7. The summed E-state index contributed by atoms with van der Waals surface area (Å²) >= 11 is 1.89. The molecule has 1 N–H and O–H groups in total. The molecule has 0 amide bonds. The molecule has 1 heterocycles. The Labute approximate surface area is 97.3 Å². The van der Waals surface area contributed by atoms with Gasteiger partial charge < -0.3 is 5.32 Å². The van der Waals surface area contributed by atoms with E-state index in [9.17, 15) is 0 Å². The van der Waals surface area contributed by atoms with E-state index >= 15 is 0 Å². The van der Waals surface area contributed by atoms with Crippen molar-refractivity contribution < 1.29 is 0 Å². The van der Waals surface area contributed by atoms with Crippen LogP contribution in [0.25, 0.3) is 0 Å². The Morgan fingerprint density at radius 3 is 2.80 bits per heavy atom. The van der Waals surface area contributed by atoms with Crippen molar-refractivity contribution in [2.75, 3.05) is 12.3 Å². The van der Waals surface area contributed by atoms with Crippen molar-refractivity contribution in [3.8, 4) is 0 Å². The Kier molecular flexibility index (Phi) is 3.95. The molecule has 1 aliphatic heterocycles. The minimum atomic E-state index is 0.637. The predicted octanol–water partition coefficient (Wildman–Crippen LogP) is 2.89. The lowest BCUT2D eigenvalue weighted by Crippen LogP contribution is -2.31. The van der Waals surface area contributed by atoms with Crippen LogP contribution >= 0.6 is 11.8 Å². The molecule has 2 fully saturated rings. The molecular formula is C12H22N2S. The van der Waals surface area contributed by atoms with Crippen LogP contribution < -0.4 is 5.32 Å². The number of amidine groups is 1. The number of rotatable bonds is 4.